The van der Waals surface area contributed by atoms with Crippen molar-refractivity contribution in [1.29, 1.82) is 0 Å². The Morgan fingerprint density at radius 1 is 1.10 bits per heavy atom. The molecule has 2 aliphatic heterocycles. The van der Waals surface area contributed by atoms with E-state index in [1.807, 2.05) is 34.9 Å². The summed E-state index contributed by atoms with van der Waals surface area (Å²) in [6.45, 7) is 3.70. The molecule has 0 atom stereocenters. The summed E-state index contributed by atoms with van der Waals surface area (Å²) in [5, 5.41) is 2.45. The summed E-state index contributed by atoms with van der Waals surface area (Å²) in [6, 6.07) is 8.01. The number of hydrogen-bond acceptors (Lipinski definition) is 6. The average molecular weight is 434 g/mol. The molecule has 8 heteroatoms. The van der Waals surface area contributed by atoms with Crippen molar-refractivity contribution in [2.45, 2.75) is 44.6 Å². The highest BCUT2D eigenvalue weighted by Crippen LogP contribution is 2.21. The molecule has 2 heterocycles. The number of nitrogens with zero attached hydrogens (tertiary/aromatic N) is 3. The summed E-state index contributed by atoms with van der Waals surface area (Å²) in [5.41, 5.74) is 2.10. The van der Waals surface area contributed by atoms with Crippen molar-refractivity contribution in [3.8, 4) is 0 Å². The summed E-state index contributed by atoms with van der Waals surface area (Å²) >= 11 is 1.99. The Labute approximate surface area is 182 Å². The number of piperazine rings is 1. The minimum atomic E-state index is -0.615. The van der Waals surface area contributed by atoms with Crippen molar-refractivity contribution in [1.82, 2.24) is 4.90 Å². The van der Waals surface area contributed by atoms with Crippen LogP contribution >= 0.6 is 11.8 Å². The molecule has 0 N–H and O–H groups in total. The third-order valence-electron chi connectivity index (χ3n) is 5.69. The Kier molecular flexibility index (Phi) is 9.14. The average Bonchev–Trinajstić information content (AvgIpc) is 2.81. The van der Waals surface area contributed by atoms with Gasteiger partial charge in [0.2, 0.25) is 5.91 Å². The fourth-order valence-electron chi connectivity index (χ4n) is 3.89. The van der Waals surface area contributed by atoms with Crippen molar-refractivity contribution in [3.05, 3.63) is 34.7 Å². The van der Waals surface area contributed by atoms with Gasteiger partial charge in [-0.15, -0.1) is 4.91 Å². The molecule has 2 aliphatic rings. The molecule has 0 unspecified atom stereocenters. The number of benzene rings is 1. The first-order valence-electron chi connectivity index (χ1n) is 10.8. The number of ether oxygens (including phenoxy) is 1. The van der Waals surface area contributed by atoms with Gasteiger partial charge in [0.05, 0.1) is 6.10 Å². The van der Waals surface area contributed by atoms with E-state index >= 15 is 0 Å². The zero-order valence-electron chi connectivity index (χ0n) is 17.5. The van der Waals surface area contributed by atoms with Gasteiger partial charge in [-0.2, -0.15) is 11.8 Å². The van der Waals surface area contributed by atoms with Gasteiger partial charge in [-0.1, -0.05) is 12.1 Å². The molecule has 3 rings (SSSR count). The van der Waals surface area contributed by atoms with E-state index in [0.29, 0.717) is 25.6 Å². The lowest BCUT2D eigenvalue weighted by atomic mass is 10.1. The van der Waals surface area contributed by atoms with Gasteiger partial charge in [0.15, 0.2) is 0 Å². The van der Waals surface area contributed by atoms with Gasteiger partial charge in [0.25, 0.3) is 5.91 Å². The Morgan fingerprint density at radius 2 is 1.87 bits per heavy atom. The molecule has 0 bridgehead atoms. The number of carbonyl (C=O) groups is 2. The van der Waals surface area contributed by atoms with Crippen LogP contribution in [-0.2, 0) is 20.7 Å². The summed E-state index contributed by atoms with van der Waals surface area (Å²) in [6.07, 6.45) is 4.64. The monoisotopic (exact) mass is 433 g/mol. The van der Waals surface area contributed by atoms with Crippen LogP contribution in [0.1, 0.15) is 37.7 Å². The smallest absolute Gasteiger partial charge is 0.286 e. The van der Waals surface area contributed by atoms with E-state index in [4.69, 9.17) is 4.74 Å². The molecule has 0 spiro atoms. The van der Waals surface area contributed by atoms with E-state index in [1.54, 1.807) is 0 Å². The standard InChI is InChI=1S/C22H31N3O4S/c26-21(23-28)7-6-18-3-1-4-19(17-18)24-10-12-25(13-11-24)22(27)5-2-14-29-20-8-15-30-16-9-20/h1,3-4,17,20H,2,5-16H2. The Balaban J connectivity index is 1.37. The lowest BCUT2D eigenvalue weighted by Crippen LogP contribution is -2.48. The summed E-state index contributed by atoms with van der Waals surface area (Å²) in [4.78, 5) is 38.1. The Morgan fingerprint density at radius 3 is 2.60 bits per heavy atom. The maximum atomic E-state index is 12.5. The fraction of sp³-hybridized carbons (Fsp3) is 0.636. The van der Waals surface area contributed by atoms with Crippen LogP contribution in [0.5, 0.6) is 0 Å². The number of carbonyl (C=O) groups excluding carboxylic acids is 2. The lowest BCUT2D eigenvalue weighted by molar-refractivity contribution is -0.132. The first kappa shape index (κ1) is 22.7. The van der Waals surface area contributed by atoms with Crippen LogP contribution in [0.2, 0.25) is 0 Å². The van der Waals surface area contributed by atoms with Crippen molar-refractivity contribution in [2.75, 3.05) is 49.2 Å². The number of nitroso groups, excluding NO2 is 1. The quantitative estimate of drug-likeness (QED) is 0.439. The number of rotatable bonds is 9. The third kappa shape index (κ3) is 7.09. The van der Waals surface area contributed by atoms with Crippen molar-refractivity contribution < 1.29 is 14.3 Å². The van der Waals surface area contributed by atoms with Gasteiger partial charge >= 0.3 is 0 Å². The minimum Gasteiger partial charge on any atom is -0.378 e. The normalized spacial score (nSPS) is 17.7. The number of thioether (sulfide) groups is 1. The maximum Gasteiger partial charge on any atom is 0.286 e. The predicted molar refractivity (Wildman–Crippen MR) is 120 cm³/mol. The predicted octanol–water partition coefficient (Wildman–Crippen LogP) is 3.25. The zero-order valence-corrected chi connectivity index (χ0v) is 18.3. The summed E-state index contributed by atoms with van der Waals surface area (Å²) in [5.74, 6) is 1.97. The van der Waals surface area contributed by atoms with E-state index in [0.717, 1.165) is 56.7 Å². The molecule has 164 valence electrons. The van der Waals surface area contributed by atoms with Crippen LogP contribution in [0.25, 0.3) is 0 Å². The summed E-state index contributed by atoms with van der Waals surface area (Å²) < 4.78 is 5.91. The molecule has 0 radical (unpaired) electrons. The van der Waals surface area contributed by atoms with Crippen molar-refractivity contribution in [2.24, 2.45) is 5.18 Å². The van der Waals surface area contributed by atoms with Crippen LogP contribution in [0, 0.1) is 4.91 Å². The molecule has 0 saturated carbocycles. The largest absolute Gasteiger partial charge is 0.378 e. The molecule has 2 fully saturated rings. The topological polar surface area (TPSA) is 79.3 Å². The van der Waals surface area contributed by atoms with E-state index < -0.39 is 5.91 Å². The maximum absolute atomic E-state index is 12.5. The molecular formula is C22H31N3O4S. The second kappa shape index (κ2) is 12.1. The number of anilines is 1. The highest BCUT2D eigenvalue weighted by atomic mass is 32.2. The number of aryl methyl sites for hydroxylation is 1. The van der Waals surface area contributed by atoms with Gasteiger partial charge in [0, 0.05) is 56.5 Å². The number of amides is 2. The van der Waals surface area contributed by atoms with Gasteiger partial charge in [0.1, 0.15) is 0 Å². The molecule has 30 heavy (non-hydrogen) atoms. The van der Waals surface area contributed by atoms with Crippen LogP contribution in [-0.4, -0.2) is 67.1 Å². The van der Waals surface area contributed by atoms with Crippen molar-refractivity contribution in [3.63, 3.8) is 0 Å². The molecule has 2 amide bonds. The zero-order chi connectivity index (χ0) is 21.2. The van der Waals surface area contributed by atoms with E-state index in [2.05, 4.69) is 16.1 Å². The lowest BCUT2D eigenvalue weighted by Gasteiger charge is -2.36. The minimum absolute atomic E-state index is 0.138. The van der Waals surface area contributed by atoms with Crippen LogP contribution in [0.4, 0.5) is 5.69 Å². The molecule has 2 saturated heterocycles. The van der Waals surface area contributed by atoms with Gasteiger partial charge in [-0.3, -0.25) is 9.59 Å². The third-order valence-corrected chi connectivity index (χ3v) is 6.74. The van der Waals surface area contributed by atoms with Gasteiger partial charge in [-0.25, -0.2) is 0 Å². The molecule has 0 aromatic heterocycles. The highest BCUT2D eigenvalue weighted by Gasteiger charge is 2.21. The summed E-state index contributed by atoms with van der Waals surface area (Å²) in [7, 11) is 0. The van der Waals surface area contributed by atoms with Crippen LogP contribution in [0.15, 0.2) is 29.4 Å². The second-order valence-corrected chi connectivity index (χ2v) is 9.03. The molecule has 0 aliphatic carbocycles. The van der Waals surface area contributed by atoms with Gasteiger partial charge in [-0.05, 0) is 54.9 Å². The first-order chi connectivity index (χ1) is 14.7. The SMILES string of the molecule is O=NC(=O)CCc1cccc(N2CCN(C(=O)CCCOC3CCSCC3)CC2)c1. The second-order valence-electron chi connectivity index (χ2n) is 7.81. The molecule has 1 aromatic rings. The van der Waals surface area contributed by atoms with Crippen LogP contribution < -0.4 is 4.90 Å². The van der Waals surface area contributed by atoms with Crippen LogP contribution in [0.3, 0.4) is 0 Å². The molecular weight excluding hydrogens is 402 g/mol. The molecule has 1 aromatic carbocycles. The molecule has 7 nitrogen and oxygen atoms in total. The fourth-order valence-corrected chi connectivity index (χ4v) is 4.96. The Hall–Kier alpha value is -1.93. The van der Waals surface area contributed by atoms with E-state index in [1.165, 1.54) is 11.5 Å². The number of hydrogen-bond donors (Lipinski definition) is 0. The highest BCUT2D eigenvalue weighted by molar-refractivity contribution is 7.99. The van der Waals surface area contributed by atoms with Crippen molar-refractivity contribution >= 4 is 29.3 Å². The first-order valence-corrected chi connectivity index (χ1v) is 12.0. The van der Waals surface area contributed by atoms with Gasteiger partial charge < -0.3 is 14.5 Å². The Bertz CT molecular complexity index is 716. The van der Waals surface area contributed by atoms with E-state index in [-0.39, 0.29) is 12.3 Å². The van der Waals surface area contributed by atoms with E-state index in [9.17, 15) is 14.5 Å².